The minimum atomic E-state index is -0.367. The molecule has 4 nitrogen and oxygen atoms in total. The lowest BCUT2D eigenvalue weighted by Crippen LogP contribution is -2.06. The first-order valence-electron chi connectivity index (χ1n) is 6.08. The van der Waals surface area contributed by atoms with Crippen LogP contribution < -0.4 is 5.32 Å². The van der Waals surface area contributed by atoms with Crippen molar-refractivity contribution in [3.8, 4) is 0 Å². The van der Waals surface area contributed by atoms with Gasteiger partial charge < -0.3 is 10.1 Å². The highest BCUT2D eigenvalue weighted by Crippen LogP contribution is 2.26. The first kappa shape index (κ1) is 13.5. The van der Waals surface area contributed by atoms with Gasteiger partial charge in [0, 0.05) is 10.6 Å². The number of nitrogens with zero attached hydrogens (tertiary/aromatic N) is 1. The molecule has 1 N–H and O–H groups in total. The maximum atomic E-state index is 11.7. The van der Waals surface area contributed by atoms with Gasteiger partial charge in [0.25, 0.3) is 0 Å². The third-order valence-corrected chi connectivity index (χ3v) is 3.42. The molecule has 0 bridgehead atoms. The molecule has 2 rings (SSSR count). The number of ether oxygens (including phenoxy) is 1. The molecule has 0 saturated heterocycles. The Kier molecular flexibility index (Phi) is 4.16. The first-order chi connectivity index (χ1) is 9.10. The van der Waals surface area contributed by atoms with Gasteiger partial charge in [-0.25, -0.2) is 9.78 Å². The zero-order chi connectivity index (χ0) is 13.8. The zero-order valence-electron chi connectivity index (χ0n) is 11.2. The Bertz CT molecular complexity index is 593. The van der Waals surface area contributed by atoms with E-state index in [0.29, 0.717) is 17.4 Å². The van der Waals surface area contributed by atoms with Crippen molar-refractivity contribution >= 4 is 28.1 Å². The smallest absolute Gasteiger partial charge is 0.358 e. The standard InChI is InChI=1S/C14H16N2O2S/c1-4-18-13(17)12-10(3)19-14(16-12)15-11-7-5-6-9(2)8-11/h5-8H,4H2,1-3H3,(H,15,16). The van der Waals surface area contributed by atoms with E-state index in [2.05, 4.69) is 10.3 Å². The molecule has 2 aromatic rings. The molecule has 100 valence electrons. The van der Waals surface area contributed by atoms with Gasteiger partial charge in [-0.05, 0) is 38.5 Å². The SMILES string of the molecule is CCOC(=O)c1nc(Nc2cccc(C)c2)sc1C. The summed E-state index contributed by atoms with van der Waals surface area (Å²) in [5.74, 6) is -0.367. The van der Waals surface area contributed by atoms with Gasteiger partial charge >= 0.3 is 5.97 Å². The van der Waals surface area contributed by atoms with Crippen molar-refractivity contribution in [1.82, 2.24) is 4.98 Å². The predicted molar refractivity (Wildman–Crippen MR) is 77.3 cm³/mol. The summed E-state index contributed by atoms with van der Waals surface area (Å²) in [7, 11) is 0. The molecule has 5 heteroatoms. The van der Waals surface area contributed by atoms with Crippen molar-refractivity contribution in [3.63, 3.8) is 0 Å². The molecule has 0 aliphatic heterocycles. The number of carbonyl (C=O) groups excluding carboxylic acids is 1. The summed E-state index contributed by atoms with van der Waals surface area (Å²) < 4.78 is 4.97. The van der Waals surface area contributed by atoms with Crippen LogP contribution in [0.25, 0.3) is 0 Å². The van der Waals surface area contributed by atoms with Crippen LogP contribution in [0, 0.1) is 13.8 Å². The minimum absolute atomic E-state index is 0.358. The van der Waals surface area contributed by atoms with E-state index in [4.69, 9.17) is 4.74 Å². The largest absolute Gasteiger partial charge is 0.461 e. The number of esters is 1. The highest BCUT2D eigenvalue weighted by Gasteiger charge is 2.16. The third kappa shape index (κ3) is 3.32. The maximum Gasteiger partial charge on any atom is 0.358 e. The molecule has 1 aromatic heterocycles. The quantitative estimate of drug-likeness (QED) is 0.865. The molecule has 0 amide bonds. The number of anilines is 2. The lowest BCUT2D eigenvalue weighted by molar-refractivity contribution is 0.0519. The van der Waals surface area contributed by atoms with E-state index in [1.54, 1.807) is 6.92 Å². The molecule has 0 saturated carbocycles. The van der Waals surface area contributed by atoms with Crippen LogP contribution in [0.2, 0.25) is 0 Å². The van der Waals surface area contributed by atoms with E-state index in [-0.39, 0.29) is 5.97 Å². The number of carbonyl (C=O) groups is 1. The molecule has 0 atom stereocenters. The molecule has 0 radical (unpaired) electrons. The fourth-order valence-electron chi connectivity index (χ4n) is 1.69. The van der Waals surface area contributed by atoms with Crippen molar-refractivity contribution in [3.05, 3.63) is 40.4 Å². The number of rotatable bonds is 4. The van der Waals surface area contributed by atoms with Crippen molar-refractivity contribution in [2.75, 3.05) is 11.9 Å². The van der Waals surface area contributed by atoms with Gasteiger partial charge in [-0.2, -0.15) is 0 Å². The molecule has 0 aliphatic carbocycles. The van der Waals surface area contributed by atoms with Gasteiger partial charge in [0.05, 0.1) is 6.61 Å². The average Bonchev–Trinajstić information content (AvgIpc) is 2.70. The number of aryl methyl sites for hydroxylation is 2. The van der Waals surface area contributed by atoms with Gasteiger partial charge in [-0.1, -0.05) is 12.1 Å². The fraction of sp³-hybridized carbons (Fsp3) is 0.286. The van der Waals surface area contributed by atoms with E-state index in [1.807, 2.05) is 38.1 Å². The molecule has 0 fully saturated rings. The summed E-state index contributed by atoms with van der Waals surface area (Å²) in [6.45, 7) is 6.04. The van der Waals surface area contributed by atoms with Crippen LogP contribution in [0.5, 0.6) is 0 Å². The molecular weight excluding hydrogens is 260 g/mol. The van der Waals surface area contributed by atoms with Crippen LogP contribution >= 0.6 is 11.3 Å². The topological polar surface area (TPSA) is 51.2 Å². The molecule has 0 spiro atoms. The van der Waals surface area contributed by atoms with E-state index in [0.717, 1.165) is 10.6 Å². The van der Waals surface area contributed by atoms with Crippen molar-refractivity contribution in [2.45, 2.75) is 20.8 Å². The Labute approximate surface area is 116 Å². The summed E-state index contributed by atoms with van der Waals surface area (Å²) in [6.07, 6.45) is 0. The number of thiazole rings is 1. The Balaban J connectivity index is 2.18. The Morgan fingerprint density at radius 3 is 2.89 bits per heavy atom. The van der Waals surface area contributed by atoms with Crippen molar-refractivity contribution in [2.24, 2.45) is 0 Å². The Hall–Kier alpha value is -1.88. The second-order valence-electron chi connectivity index (χ2n) is 4.14. The van der Waals surface area contributed by atoms with Crippen LogP contribution in [0.4, 0.5) is 10.8 Å². The van der Waals surface area contributed by atoms with E-state index >= 15 is 0 Å². The van der Waals surface area contributed by atoms with E-state index in [9.17, 15) is 4.79 Å². The monoisotopic (exact) mass is 276 g/mol. The van der Waals surface area contributed by atoms with Gasteiger partial charge in [0.1, 0.15) is 0 Å². The molecular formula is C14H16N2O2S. The molecule has 0 aliphatic rings. The summed E-state index contributed by atoms with van der Waals surface area (Å²) in [4.78, 5) is 16.8. The highest BCUT2D eigenvalue weighted by molar-refractivity contribution is 7.15. The lowest BCUT2D eigenvalue weighted by atomic mass is 10.2. The Morgan fingerprint density at radius 2 is 2.21 bits per heavy atom. The molecule has 19 heavy (non-hydrogen) atoms. The van der Waals surface area contributed by atoms with Crippen LogP contribution in [0.3, 0.4) is 0 Å². The van der Waals surface area contributed by atoms with Crippen LogP contribution in [-0.2, 0) is 4.74 Å². The van der Waals surface area contributed by atoms with Gasteiger partial charge in [0.2, 0.25) is 0 Å². The van der Waals surface area contributed by atoms with Crippen LogP contribution in [0.15, 0.2) is 24.3 Å². The minimum Gasteiger partial charge on any atom is -0.461 e. The Morgan fingerprint density at radius 1 is 1.42 bits per heavy atom. The molecule has 1 aromatic carbocycles. The summed E-state index contributed by atoms with van der Waals surface area (Å²) in [5.41, 5.74) is 2.52. The number of hydrogen-bond acceptors (Lipinski definition) is 5. The van der Waals surface area contributed by atoms with Crippen molar-refractivity contribution < 1.29 is 9.53 Å². The van der Waals surface area contributed by atoms with Crippen LogP contribution in [0.1, 0.15) is 27.9 Å². The highest BCUT2D eigenvalue weighted by atomic mass is 32.1. The number of aromatic nitrogens is 1. The fourth-order valence-corrected chi connectivity index (χ4v) is 2.51. The van der Waals surface area contributed by atoms with Gasteiger partial charge in [-0.3, -0.25) is 0 Å². The van der Waals surface area contributed by atoms with Crippen molar-refractivity contribution in [1.29, 1.82) is 0 Å². The van der Waals surface area contributed by atoms with Gasteiger partial charge in [-0.15, -0.1) is 11.3 Å². The predicted octanol–water partition coefficient (Wildman–Crippen LogP) is 3.68. The third-order valence-electron chi connectivity index (χ3n) is 2.53. The normalized spacial score (nSPS) is 10.3. The van der Waals surface area contributed by atoms with Gasteiger partial charge in [0.15, 0.2) is 10.8 Å². The average molecular weight is 276 g/mol. The second-order valence-corrected chi connectivity index (χ2v) is 5.34. The number of nitrogens with one attached hydrogen (secondary N) is 1. The number of hydrogen-bond donors (Lipinski definition) is 1. The summed E-state index contributed by atoms with van der Waals surface area (Å²) in [6, 6.07) is 8.00. The number of benzene rings is 1. The summed E-state index contributed by atoms with van der Waals surface area (Å²) in [5, 5.41) is 3.90. The molecule has 1 heterocycles. The van der Waals surface area contributed by atoms with E-state index < -0.39 is 0 Å². The van der Waals surface area contributed by atoms with Crippen LogP contribution in [-0.4, -0.2) is 17.6 Å². The molecule has 0 unspecified atom stereocenters. The lowest BCUT2D eigenvalue weighted by Gasteiger charge is -2.02. The zero-order valence-corrected chi connectivity index (χ0v) is 12.0. The summed E-state index contributed by atoms with van der Waals surface area (Å²) >= 11 is 1.45. The maximum absolute atomic E-state index is 11.7. The van der Waals surface area contributed by atoms with E-state index in [1.165, 1.54) is 16.9 Å². The first-order valence-corrected chi connectivity index (χ1v) is 6.90. The second kappa shape index (κ2) is 5.84.